The van der Waals surface area contributed by atoms with E-state index in [1.165, 1.54) is 38.5 Å². The molecule has 1 N–H and O–H groups in total. The number of aliphatic hydroxyl groups excluding tert-OH is 1. The Hall–Kier alpha value is -0.570. The van der Waals surface area contributed by atoms with Gasteiger partial charge in [-0.1, -0.05) is 25.7 Å². The molecule has 0 aromatic heterocycles. The molecule has 0 spiro atoms. The lowest BCUT2D eigenvalue weighted by Gasteiger charge is -2.25. The van der Waals surface area contributed by atoms with Crippen molar-refractivity contribution < 1.29 is 9.90 Å². The standard InChI is InChI=1S/C14H25NO2/c16-11-13-8-5-9-15(13)14(17)10-12-6-3-1-2-4-7-12/h12-13,16H,1-11H2/t13-/m0/s1. The molecule has 3 heteroatoms. The third kappa shape index (κ3) is 3.44. The van der Waals surface area contributed by atoms with Gasteiger partial charge in [-0.2, -0.15) is 0 Å². The van der Waals surface area contributed by atoms with Gasteiger partial charge in [-0.25, -0.2) is 0 Å². The first-order valence-corrected chi connectivity index (χ1v) is 7.21. The SMILES string of the molecule is O=C(CC1CCCCCC1)N1CCC[C@H]1CO. The summed E-state index contributed by atoms with van der Waals surface area (Å²) in [7, 11) is 0. The number of carbonyl (C=O) groups is 1. The molecule has 98 valence electrons. The zero-order valence-electron chi connectivity index (χ0n) is 10.7. The molecule has 17 heavy (non-hydrogen) atoms. The van der Waals surface area contributed by atoms with Crippen molar-refractivity contribution in [3.05, 3.63) is 0 Å². The van der Waals surface area contributed by atoms with E-state index in [4.69, 9.17) is 0 Å². The van der Waals surface area contributed by atoms with Crippen LogP contribution in [-0.2, 0) is 4.79 Å². The van der Waals surface area contributed by atoms with E-state index in [0.717, 1.165) is 25.8 Å². The molecule has 1 aliphatic carbocycles. The molecule has 1 saturated heterocycles. The van der Waals surface area contributed by atoms with Crippen molar-refractivity contribution in [3.8, 4) is 0 Å². The van der Waals surface area contributed by atoms with Gasteiger partial charge in [0.05, 0.1) is 12.6 Å². The van der Waals surface area contributed by atoms with Crippen molar-refractivity contribution in [1.29, 1.82) is 0 Å². The molecule has 1 atom stereocenters. The Balaban J connectivity index is 1.82. The molecule has 1 heterocycles. The van der Waals surface area contributed by atoms with Gasteiger partial charge in [0.25, 0.3) is 0 Å². The van der Waals surface area contributed by atoms with Crippen LogP contribution in [0.25, 0.3) is 0 Å². The van der Waals surface area contributed by atoms with Gasteiger partial charge in [0, 0.05) is 13.0 Å². The molecule has 3 nitrogen and oxygen atoms in total. The zero-order chi connectivity index (χ0) is 12.1. The lowest BCUT2D eigenvalue weighted by Crippen LogP contribution is -2.38. The summed E-state index contributed by atoms with van der Waals surface area (Å²) in [6.45, 7) is 0.993. The third-order valence-corrected chi connectivity index (χ3v) is 4.35. The first kappa shape index (κ1) is 12.9. The van der Waals surface area contributed by atoms with Gasteiger partial charge < -0.3 is 10.0 Å². The van der Waals surface area contributed by atoms with Gasteiger partial charge in [-0.3, -0.25) is 4.79 Å². The smallest absolute Gasteiger partial charge is 0.223 e. The topological polar surface area (TPSA) is 40.5 Å². The molecule has 0 radical (unpaired) electrons. The number of hydrogen-bond acceptors (Lipinski definition) is 2. The molecular weight excluding hydrogens is 214 g/mol. The second-order valence-corrected chi connectivity index (χ2v) is 5.63. The van der Waals surface area contributed by atoms with Gasteiger partial charge in [-0.05, 0) is 31.6 Å². The maximum absolute atomic E-state index is 12.2. The summed E-state index contributed by atoms with van der Waals surface area (Å²) in [4.78, 5) is 14.1. The van der Waals surface area contributed by atoms with E-state index >= 15 is 0 Å². The van der Waals surface area contributed by atoms with Crippen molar-refractivity contribution >= 4 is 5.91 Å². The Morgan fingerprint density at radius 1 is 1.06 bits per heavy atom. The quantitative estimate of drug-likeness (QED) is 0.768. The van der Waals surface area contributed by atoms with Crippen LogP contribution in [0.5, 0.6) is 0 Å². The number of likely N-dealkylation sites (tertiary alicyclic amines) is 1. The minimum atomic E-state index is 0.105. The van der Waals surface area contributed by atoms with Crippen LogP contribution < -0.4 is 0 Å². The molecule has 0 aromatic carbocycles. The van der Waals surface area contributed by atoms with Crippen molar-refractivity contribution in [2.24, 2.45) is 5.92 Å². The Bertz CT molecular complexity index is 247. The fourth-order valence-electron chi connectivity index (χ4n) is 3.29. The van der Waals surface area contributed by atoms with E-state index in [0.29, 0.717) is 5.92 Å². The Kier molecular flexibility index (Phi) is 4.84. The fourth-order valence-corrected chi connectivity index (χ4v) is 3.29. The summed E-state index contributed by atoms with van der Waals surface area (Å²) in [6.07, 6.45) is 10.5. The number of aliphatic hydroxyl groups is 1. The number of nitrogens with zero attached hydrogens (tertiary/aromatic N) is 1. The Morgan fingerprint density at radius 3 is 2.41 bits per heavy atom. The highest BCUT2D eigenvalue weighted by molar-refractivity contribution is 5.77. The normalized spacial score (nSPS) is 27.1. The maximum atomic E-state index is 12.2. The zero-order valence-corrected chi connectivity index (χ0v) is 10.7. The van der Waals surface area contributed by atoms with Crippen LogP contribution in [0.1, 0.15) is 57.8 Å². The van der Waals surface area contributed by atoms with Crippen LogP contribution in [0, 0.1) is 5.92 Å². The molecule has 0 aromatic rings. The molecule has 1 saturated carbocycles. The summed E-state index contributed by atoms with van der Waals surface area (Å²) in [6, 6.07) is 0.105. The van der Waals surface area contributed by atoms with Gasteiger partial charge in [0.2, 0.25) is 5.91 Å². The predicted molar refractivity (Wildman–Crippen MR) is 67.6 cm³/mol. The molecule has 2 aliphatic rings. The Morgan fingerprint density at radius 2 is 1.76 bits per heavy atom. The van der Waals surface area contributed by atoms with Crippen molar-refractivity contribution in [2.75, 3.05) is 13.2 Å². The predicted octanol–water partition coefficient (Wildman–Crippen LogP) is 2.33. The minimum Gasteiger partial charge on any atom is -0.394 e. The lowest BCUT2D eigenvalue weighted by molar-refractivity contribution is -0.133. The number of amides is 1. The molecular formula is C14H25NO2. The molecule has 0 bridgehead atoms. The van der Waals surface area contributed by atoms with E-state index in [2.05, 4.69) is 0 Å². The van der Waals surface area contributed by atoms with Gasteiger partial charge in [-0.15, -0.1) is 0 Å². The van der Waals surface area contributed by atoms with Gasteiger partial charge in [0.1, 0.15) is 0 Å². The monoisotopic (exact) mass is 239 g/mol. The van der Waals surface area contributed by atoms with Crippen LogP contribution in [0.3, 0.4) is 0 Å². The molecule has 2 rings (SSSR count). The summed E-state index contributed by atoms with van der Waals surface area (Å²) in [5, 5.41) is 9.24. The van der Waals surface area contributed by atoms with E-state index in [9.17, 15) is 9.90 Å². The van der Waals surface area contributed by atoms with Crippen LogP contribution in [0.4, 0.5) is 0 Å². The van der Waals surface area contributed by atoms with E-state index in [-0.39, 0.29) is 18.6 Å². The molecule has 1 amide bonds. The average molecular weight is 239 g/mol. The Labute approximate surface area is 104 Å². The highest BCUT2D eigenvalue weighted by Crippen LogP contribution is 2.27. The van der Waals surface area contributed by atoms with Crippen molar-refractivity contribution in [1.82, 2.24) is 4.90 Å². The summed E-state index contributed by atoms with van der Waals surface area (Å²) >= 11 is 0. The van der Waals surface area contributed by atoms with Crippen LogP contribution >= 0.6 is 0 Å². The van der Waals surface area contributed by atoms with E-state index < -0.39 is 0 Å². The van der Waals surface area contributed by atoms with Crippen molar-refractivity contribution in [2.45, 2.75) is 63.8 Å². The van der Waals surface area contributed by atoms with Gasteiger partial charge >= 0.3 is 0 Å². The van der Waals surface area contributed by atoms with Gasteiger partial charge in [0.15, 0.2) is 0 Å². The molecule has 0 unspecified atom stereocenters. The summed E-state index contributed by atoms with van der Waals surface area (Å²) < 4.78 is 0. The third-order valence-electron chi connectivity index (χ3n) is 4.35. The minimum absolute atomic E-state index is 0.105. The molecule has 2 fully saturated rings. The van der Waals surface area contributed by atoms with Crippen LogP contribution in [0.15, 0.2) is 0 Å². The maximum Gasteiger partial charge on any atom is 0.223 e. The van der Waals surface area contributed by atoms with E-state index in [1.807, 2.05) is 4.90 Å². The number of hydrogen-bond donors (Lipinski definition) is 1. The summed E-state index contributed by atoms with van der Waals surface area (Å²) in [5.74, 6) is 0.887. The highest BCUT2D eigenvalue weighted by Gasteiger charge is 2.29. The van der Waals surface area contributed by atoms with Crippen LogP contribution in [-0.4, -0.2) is 35.1 Å². The average Bonchev–Trinajstić information content (AvgIpc) is 2.68. The van der Waals surface area contributed by atoms with Crippen LogP contribution in [0.2, 0.25) is 0 Å². The second-order valence-electron chi connectivity index (χ2n) is 5.63. The second kappa shape index (κ2) is 6.39. The van der Waals surface area contributed by atoms with E-state index in [1.54, 1.807) is 0 Å². The lowest BCUT2D eigenvalue weighted by atomic mass is 9.96. The number of rotatable bonds is 3. The number of carbonyl (C=O) groups excluding carboxylic acids is 1. The highest BCUT2D eigenvalue weighted by atomic mass is 16.3. The first-order valence-electron chi connectivity index (χ1n) is 7.21. The van der Waals surface area contributed by atoms with Crippen molar-refractivity contribution in [3.63, 3.8) is 0 Å². The fraction of sp³-hybridized carbons (Fsp3) is 0.929. The largest absolute Gasteiger partial charge is 0.394 e. The summed E-state index contributed by atoms with van der Waals surface area (Å²) in [5.41, 5.74) is 0. The first-order chi connectivity index (χ1) is 8.31. The molecule has 1 aliphatic heterocycles.